The van der Waals surface area contributed by atoms with Crippen molar-refractivity contribution in [2.24, 2.45) is 5.73 Å². The van der Waals surface area contributed by atoms with Crippen LogP contribution >= 0.6 is 0 Å². The smallest absolute Gasteiger partial charge is 0.146 e. The molecule has 0 aliphatic rings. The summed E-state index contributed by atoms with van der Waals surface area (Å²) in [6.45, 7) is 2.41. The topological polar surface area (TPSA) is 90.9 Å². The lowest BCUT2D eigenvalue weighted by Gasteiger charge is -2.05. The van der Waals surface area contributed by atoms with E-state index in [0.717, 1.165) is 11.1 Å². The van der Waals surface area contributed by atoms with Gasteiger partial charge < -0.3 is 17.2 Å². The molecule has 6 N–H and O–H groups in total. The third-order valence-electron chi connectivity index (χ3n) is 1.89. The SMILES string of the molecule is Cc1c(C=CCN)cnc(N)c1N. The van der Waals surface area contributed by atoms with Gasteiger partial charge in [0, 0.05) is 12.7 Å². The van der Waals surface area contributed by atoms with Crippen LogP contribution in [-0.4, -0.2) is 11.5 Å². The molecule has 0 fully saturated rings. The second-order valence-corrected chi connectivity index (χ2v) is 2.78. The van der Waals surface area contributed by atoms with E-state index in [1.807, 2.05) is 19.1 Å². The number of nitrogens with two attached hydrogens (primary N) is 3. The fourth-order valence-corrected chi connectivity index (χ4v) is 1.02. The van der Waals surface area contributed by atoms with E-state index in [1.54, 1.807) is 6.20 Å². The number of aromatic nitrogens is 1. The Bertz CT molecular complexity index is 331. The largest absolute Gasteiger partial charge is 0.396 e. The van der Waals surface area contributed by atoms with Gasteiger partial charge in [-0.15, -0.1) is 0 Å². The van der Waals surface area contributed by atoms with Gasteiger partial charge in [-0.1, -0.05) is 12.2 Å². The molecule has 0 bridgehead atoms. The first kappa shape index (κ1) is 9.54. The van der Waals surface area contributed by atoms with Crippen LogP contribution in [0.25, 0.3) is 6.08 Å². The maximum atomic E-state index is 5.70. The van der Waals surface area contributed by atoms with E-state index in [1.165, 1.54) is 0 Å². The van der Waals surface area contributed by atoms with Crippen LogP contribution in [0.3, 0.4) is 0 Å². The van der Waals surface area contributed by atoms with Crippen LogP contribution < -0.4 is 17.2 Å². The van der Waals surface area contributed by atoms with Crippen molar-refractivity contribution in [3.8, 4) is 0 Å². The zero-order valence-electron chi connectivity index (χ0n) is 7.62. The number of nitrogen functional groups attached to an aromatic ring is 2. The number of pyridine rings is 1. The molecule has 0 aromatic carbocycles. The van der Waals surface area contributed by atoms with Gasteiger partial charge in [0.05, 0.1) is 5.69 Å². The first-order valence-electron chi connectivity index (χ1n) is 4.04. The molecule has 0 spiro atoms. The molecule has 0 radical (unpaired) electrons. The Hall–Kier alpha value is -1.55. The lowest BCUT2D eigenvalue weighted by atomic mass is 10.1. The van der Waals surface area contributed by atoms with E-state index in [2.05, 4.69) is 4.98 Å². The molecule has 0 aliphatic heterocycles. The van der Waals surface area contributed by atoms with Gasteiger partial charge in [-0.3, -0.25) is 0 Å². The fourth-order valence-electron chi connectivity index (χ4n) is 1.02. The molecule has 1 rings (SSSR count). The van der Waals surface area contributed by atoms with Crippen LogP contribution in [-0.2, 0) is 0 Å². The summed E-state index contributed by atoms with van der Waals surface area (Å²) in [6, 6.07) is 0. The maximum absolute atomic E-state index is 5.70. The van der Waals surface area contributed by atoms with E-state index >= 15 is 0 Å². The lowest BCUT2D eigenvalue weighted by molar-refractivity contribution is 1.25. The zero-order valence-corrected chi connectivity index (χ0v) is 7.62. The Morgan fingerprint density at radius 2 is 2.15 bits per heavy atom. The number of anilines is 2. The van der Waals surface area contributed by atoms with Crippen molar-refractivity contribution in [1.29, 1.82) is 0 Å². The molecule has 13 heavy (non-hydrogen) atoms. The Morgan fingerprint density at radius 1 is 1.46 bits per heavy atom. The predicted octanol–water partition coefficient (Wildman–Crippen LogP) is 0.526. The van der Waals surface area contributed by atoms with Gasteiger partial charge in [-0.05, 0) is 18.1 Å². The Balaban J connectivity index is 3.11. The molecule has 0 amide bonds. The van der Waals surface area contributed by atoms with E-state index < -0.39 is 0 Å². The highest BCUT2D eigenvalue weighted by atomic mass is 14.9. The number of rotatable bonds is 2. The molecule has 4 heteroatoms. The second-order valence-electron chi connectivity index (χ2n) is 2.78. The number of hydrogen-bond donors (Lipinski definition) is 3. The van der Waals surface area contributed by atoms with Gasteiger partial charge in [-0.2, -0.15) is 0 Å². The lowest BCUT2D eigenvalue weighted by Crippen LogP contribution is -2.01. The van der Waals surface area contributed by atoms with Gasteiger partial charge in [0.25, 0.3) is 0 Å². The summed E-state index contributed by atoms with van der Waals surface area (Å²) < 4.78 is 0. The first-order valence-corrected chi connectivity index (χ1v) is 4.04. The first-order chi connectivity index (χ1) is 6.16. The van der Waals surface area contributed by atoms with Crippen LogP contribution in [0.4, 0.5) is 11.5 Å². The van der Waals surface area contributed by atoms with Crippen LogP contribution in [0.1, 0.15) is 11.1 Å². The third-order valence-corrected chi connectivity index (χ3v) is 1.89. The fraction of sp³-hybridized carbons (Fsp3) is 0.222. The minimum atomic E-state index is 0.377. The van der Waals surface area contributed by atoms with Gasteiger partial charge in [-0.25, -0.2) is 4.98 Å². The maximum Gasteiger partial charge on any atom is 0.146 e. The Morgan fingerprint density at radius 3 is 2.77 bits per heavy atom. The number of hydrogen-bond acceptors (Lipinski definition) is 4. The predicted molar refractivity (Wildman–Crippen MR) is 55.9 cm³/mol. The zero-order chi connectivity index (χ0) is 9.84. The highest BCUT2D eigenvalue weighted by Gasteiger charge is 2.02. The van der Waals surface area contributed by atoms with Crippen molar-refractivity contribution in [2.45, 2.75) is 6.92 Å². The highest BCUT2D eigenvalue weighted by Crippen LogP contribution is 2.20. The van der Waals surface area contributed by atoms with Crippen LogP contribution in [0.2, 0.25) is 0 Å². The molecule has 1 heterocycles. The van der Waals surface area contributed by atoms with E-state index in [-0.39, 0.29) is 0 Å². The molecule has 1 aromatic rings. The third kappa shape index (κ3) is 1.97. The highest BCUT2D eigenvalue weighted by molar-refractivity contribution is 5.69. The van der Waals surface area contributed by atoms with Gasteiger partial charge in [0.1, 0.15) is 5.82 Å². The van der Waals surface area contributed by atoms with Crippen molar-refractivity contribution >= 4 is 17.6 Å². The van der Waals surface area contributed by atoms with Crippen LogP contribution in [0, 0.1) is 6.92 Å². The molecular weight excluding hydrogens is 164 g/mol. The summed E-state index contributed by atoms with van der Waals surface area (Å²) in [5.74, 6) is 0.377. The second kappa shape index (κ2) is 3.91. The standard InChI is InChI=1S/C9H14N4/c1-6-7(3-2-4-10)5-13-9(12)8(6)11/h2-3,5H,4,10-11H2,1H3,(H2,12,13). The quantitative estimate of drug-likeness (QED) is 0.616. The van der Waals surface area contributed by atoms with Crippen molar-refractivity contribution in [3.63, 3.8) is 0 Å². The van der Waals surface area contributed by atoms with Gasteiger partial charge >= 0.3 is 0 Å². The van der Waals surface area contributed by atoms with Crippen molar-refractivity contribution in [3.05, 3.63) is 23.4 Å². The molecule has 0 unspecified atom stereocenters. The summed E-state index contributed by atoms with van der Waals surface area (Å²) >= 11 is 0. The molecule has 0 aliphatic carbocycles. The molecule has 70 valence electrons. The average Bonchev–Trinajstić information content (AvgIpc) is 2.13. The molecular formula is C9H14N4. The van der Waals surface area contributed by atoms with E-state index in [0.29, 0.717) is 18.1 Å². The molecule has 0 saturated heterocycles. The van der Waals surface area contributed by atoms with Crippen molar-refractivity contribution < 1.29 is 0 Å². The van der Waals surface area contributed by atoms with Crippen LogP contribution in [0.15, 0.2) is 12.3 Å². The van der Waals surface area contributed by atoms with Gasteiger partial charge in [0.2, 0.25) is 0 Å². The van der Waals surface area contributed by atoms with Crippen LogP contribution in [0.5, 0.6) is 0 Å². The normalized spacial score (nSPS) is 10.9. The van der Waals surface area contributed by atoms with Crippen molar-refractivity contribution in [1.82, 2.24) is 4.98 Å². The molecule has 4 nitrogen and oxygen atoms in total. The van der Waals surface area contributed by atoms with Gasteiger partial charge in [0.15, 0.2) is 0 Å². The Labute approximate surface area is 77.4 Å². The minimum Gasteiger partial charge on any atom is -0.396 e. The molecule has 0 saturated carbocycles. The summed E-state index contributed by atoms with van der Waals surface area (Å²) in [7, 11) is 0. The van der Waals surface area contributed by atoms with E-state index in [4.69, 9.17) is 17.2 Å². The minimum absolute atomic E-state index is 0.377. The summed E-state index contributed by atoms with van der Waals surface area (Å²) in [5.41, 5.74) is 19.0. The van der Waals surface area contributed by atoms with Crippen molar-refractivity contribution in [2.75, 3.05) is 18.0 Å². The molecule has 1 aromatic heterocycles. The summed E-state index contributed by atoms with van der Waals surface area (Å²) in [5, 5.41) is 0. The average molecular weight is 178 g/mol. The monoisotopic (exact) mass is 178 g/mol. The number of nitrogens with zero attached hydrogens (tertiary/aromatic N) is 1. The van der Waals surface area contributed by atoms with E-state index in [9.17, 15) is 0 Å². The summed E-state index contributed by atoms with van der Waals surface area (Å²) in [6.07, 6.45) is 5.42. The Kier molecular flexibility index (Phi) is 2.87. The summed E-state index contributed by atoms with van der Waals surface area (Å²) in [4.78, 5) is 3.95. The molecule has 0 atom stereocenters.